The Morgan fingerprint density at radius 3 is 2.59 bits per heavy atom. The van der Waals surface area contributed by atoms with E-state index in [1.54, 1.807) is 37.3 Å². The molecule has 3 rings (SSSR count). The maximum absolute atomic E-state index is 12.6. The number of benzene rings is 2. The van der Waals surface area contributed by atoms with Crippen molar-refractivity contribution in [3.8, 4) is 5.75 Å². The third kappa shape index (κ3) is 5.64. The molecule has 1 atom stereocenters. The summed E-state index contributed by atoms with van der Waals surface area (Å²) in [6.45, 7) is 1.68. The second kappa shape index (κ2) is 10.5. The number of furan rings is 1. The highest BCUT2D eigenvalue weighted by atomic mass is 35.5. The largest absolute Gasteiger partial charge is 0.479 e. The van der Waals surface area contributed by atoms with E-state index in [0.717, 1.165) is 0 Å². The number of rotatable bonds is 9. The average Bonchev–Trinajstić information content (AvgIpc) is 3.26. The Hall–Kier alpha value is -3.85. The fraction of sp³-hybridized carbons (Fsp3) is 0.182. The van der Waals surface area contributed by atoms with Crippen LogP contribution in [0.15, 0.2) is 65.1 Å². The van der Waals surface area contributed by atoms with E-state index < -0.39 is 22.8 Å². The van der Waals surface area contributed by atoms with Crippen LogP contribution >= 0.6 is 11.6 Å². The molecular weight excluding hydrogens is 440 g/mol. The lowest BCUT2D eigenvalue weighted by Crippen LogP contribution is -2.34. The molecule has 9 nitrogen and oxygen atoms in total. The van der Waals surface area contributed by atoms with Gasteiger partial charge < -0.3 is 19.2 Å². The quantitative estimate of drug-likeness (QED) is 0.285. The van der Waals surface area contributed by atoms with Crippen LogP contribution in [-0.4, -0.2) is 23.4 Å². The summed E-state index contributed by atoms with van der Waals surface area (Å²) in [6.07, 6.45) is 0. The maximum Gasteiger partial charge on any atom is 0.333 e. The SMILES string of the molecule is CCOC(=O)[C@H](NC(=O)c1ccc(COc2ccc(Cl)cc2[N+](=O)[O-])o1)c1ccccc1. The van der Waals surface area contributed by atoms with E-state index in [1.165, 1.54) is 30.3 Å². The molecule has 0 saturated heterocycles. The first-order valence-electron chi connectivity index (χ1n) is 9.57. The fourth-order valence-corrected chi connectivity index (χ4v) is 3.00. The molecule has 0 fully saturated rings. The highest BCUT2D eigenvalue weighted by molar-refractivity contribution is 6.30. The van der Waals surface area contributed by atoms with Gasteiger partial charge in [0, 0.05) is 11.1 Å². The van der Waals surface area contributed by atoms with Crippen molar-refractivity contribution in [2.45, 2.75) is 19.6 Å². The van der Waals surface area contributed by atoms with Gasteiger partial charge in [0.25, 0.3) is 5.91 Å². The van der Waals surface area contributed by atoms with E-state index in [4.69, 9.17) is 25.5 Å². The Labute approximate surface area is 188 Å². The lowest BCUT2D eigenvalue weighted by Gasteiger charge is -2.17. The summed E-state index contributed by atoms with van der Waals surface area (Å²) < 4.78 is 16.0. The molecule has 0 aliphatic rings. The summed E-state index contributed by atoms with van der Waals surface area (Å²) in [5.74, 6) is -1.02. The number of halogens is 1. The number of amides is 1. The number of hydrogen-bond donors (Lipinski definition) is 1. The van der Waals surface area contributed by atoms with Crippen LogP contribution in [0.1, 0.15) is 34.8 Å². The molecule has 0 unspecified atom stereocenters. The average molecular weight is 459 g/mol. The molecule has 0 aliphatic heterocycles. The van der Waals surface area contributed by atoms with Gasteiger partial charge >= 0.3 is 11.7 Å². The van der Waals surface area contributed by atoms with Crippen LogP contribution in [0.3, 0.4) is 0 Å². The second-order valence-corrected chi connectivity index (χ2v) is 6.93. The normalized spacial score (nSPS) is 11.4. The van der Waals surface area contributed by atoms with Gasteiger partial charge in [0.1, 0.15) is 12.4 Å². The Bertz CT molecular complexity index is 1110. The smallest absolute Gasteiger partial charge is 0.333 e. The number of hydrogen-bond acceptors (Lipinski definition) is 7. The van der Waals surface area contributed by atoms with Crippen molar-refractivity contribution in [2.75, 3.05) is 6.61 Å². The lowest BCUT2D eigenvalue weighted by molar-refractivity contribution is -0.385. The highest BCUT2D eigenvalue weighted by Crippen LogP contribution is 2.30. The molecule has 2 aromatic carbocycles. The van der Waals surface area contributed by atoms with Crippen LogP contribution in [-0.2, 0) is 16.1 Å². The molecule has 0 bridgehead atoms. The fourth-order valence-electron chi connectivity index (χ4n) is 2.83. The zero-order chi connectivity index (χ0) is 23.1. The van der Waals surface area contributed by atoms with Gasteiger partial charge in [-0.2, -0.15) is 0 Å². The number of esters is 1. The van der Waals surface area contributed by atoms with Gasteiger partial charge in [0.05, 0.1) is 11.5 Å². The van der Waals surface area contributed by atoms with Crippen molar-refractivity contribution in [1.29, 1.82) is 0 Å². The molecule has 0 radical (unpaired) electrons. The zero-order valence-electron chi connectivity index (χ0n) is 16.9. The number of nitro groups is 1. The van der Waals surface area contributed by atoms with Crippen LogP contribution in [0.25, 0.3) is 0 Å². The third-order valence-corrected chi connectivity index (χ3v) is 4.54. The molecule has 32 heavy (non-hydrogen) atoms. The highest BCUT2D eigenvalue weighted by Gasteiger charge is 2.26. The van der Waals surface area contributed by atoms with Gasteiger partial charge in [-0.3, -0.25) is 14.9 Å². The Kier molecular flexibility index (Phi) is 7.45. The molecule has 1 amide bonds. The monoisotopic (exact) mass is 458 g/mol. The minimum Gasteiger partial charge on any atom is -0.479 e. The van der Waals surface area contributed by atoms with Crippen molar-refractivity contribution in [3.05, 3.63) is 92.9 Å². The van der Waals surface area contributed by atoms with E-state index in [9.17, 15) is 19.7 Å². The molecule has 166 valence electrons. The van der Waals surface area contributed by atoms with E-state index in [2.05, 4.69) is 5.32 Å². The summed E-state index contributed by atoms with van der Waals surface area (Å²) in [5.41, 5.74) is 0.270. The Morgan fingerprint density at radius 2 is 1.91 bits per heavy atom. The number of nitrogens with one attached hydrogen (secondary N) is 1. The molecule has 1 heterocycles. The van der Waals surface area contributed by atoms with Crippen molar-refractivity contribution >= 4 is 29.2 Å². The van der Waals surface area contributed by atoms with Crippen molar-refractivity contribution < 1.29 is 28.4 Å². The van der Waals surface area contributed by atoms with E-state index >= 15 is 0 Å². The standard InChI is InChI=1S/C22H19ClN2O7/c1-2-30-22(27)20(14-6-4-3-5-7-14)24-21(26)19-11-9-16(32-19)13-31-18-10-8-15(23)12-17(18)25(28)29/h3-12,20H,2,13H2,1H3,(H,24,26)/t20-/m1/s1. The summed E-state index contributed by atoms with van der Waals surface area (Å²) >= 11 is 5.79. The minimum absolute atomic E-state index is 0.00764. The molecule has 10 heteroatoms. The Balaban J connectivity index is 1.70. The molecule has 3 aromatic rings. The summed E-state index contributed by atoms with van der Waals surface area (Å²) in [4.78, 5) is 35.5. The molecule has 0 spiro atoms. The van der Waals surface area contributed by atoms with Gasteiger partial charge in [0.2, 0.25) is 0 Å². The van der Waals surface area contributed by atoms with Crippen LogP contribution in [0.2, 0.25) is 5.02 Å². The van der Waals surface area contributed by atoms with Gasteiger partial charge in [-0.05, 0) is 36.8 Å². The van der Waals surface area contributed by atoms with E-state index in [1.807, 2.05) is 0 Å². The molecular formula is C22H19ClN2O7. The maximum atomic E-state index is 12.6. The topological polar surface area (TPSA) is 121 Å². The number of carbonyl (C=O) groups is 2. The second-order valence-electron chi connectivity index (χ2n) is 6.49. The van der Waals surface area contributed by atoms with Crippen LogP contribution in [0, 0.1) is 10.1 Å². The third-order valence-electron chi connectivity index (χ3n) is 4.30. The zero-order valence-corrected chi connectivity index (χ0v) is 17.7. The molecule has 1 aromatic heterocycles. The molecule has 0 saturated carbocycles. The van der Waals surface area contributed by atoms with E-state index in [-0.39, 0.29) is 41.2 Å². The first kappa shape index (κ1) is 22.8. The number of carbonyl (C=O) groups excluding carboxylic acids is 2. The summed E-state index contributed by atoms with van der Waals surface area (Å²) in [7, 11) is 0. The van der Waals surface area contributed by atoms with Crippen LogP contribution in [0.5, 0.6) is 5.75 Å². The summed E-state index contributed by atoms with van der Waals surface area (Å²) in [5, 5.41) is 14.0. The lowest BCUT2D eigenvalue weighted by atomic mass is 10.1. The van der Waals surface area contributed by atoms with Crippen LogP contribution in [0.4, 0.5) is 5.69 Å². The van der Waals surface area contributed by atoms with Crippen molar-refractivity contribution in [3.63, 3.8) is 0 Å². The van der Waals surface area contributed by atoms with Crippen molar-refractivity contribution in [1.82, 2.24) is 5.32 Å². The van der Waals surface area contributed by atoms with Gasteiger partial charge in [-0.1, -0.05) is 41.9 Å². The molecule has 1 N–H and O–H groups in total. The van der Waals surface area contributed by atoms with Crippen LogP contribution < -0.4 is 10.1 Å². The first-order chi connectivity index (χ1) is 15.4. The molecule has 0 aliphatic carbocycles. The first-order valence-corrected chi connectivity index (χ1v) is 9.94. The van der Waals surface area contributed by atoms with Crippen molar-refractivity contribution in [2.24, 2.45) is 0 Å². The Morgan fingerprint density at radius 1 is 1.16 bits per heavy atom. The minimum atomic E-state index is -1.01. The van der Waals surface area contributed by atoms with Gasteiger partial charge in [-0.15, -0.1) is 0 Å². The number of ether oxygens (including phenoxy) is 2. The number of nitro benzene ring substituents is 1. The van der Waals surface area contributed by atoms with Gasteiger partial charge in [0.15, 0.2) is 17.6 Å². The predicted molar refractivity (Wildman–Crippen MR) is 114 cm³/mol. The number of nitrogens with zero attached hydrogens (tertiary/aromatic N) is 1. The summed E-state index contributed by atoms with van der Waals surface area (Å²) in [6, 6.07) is 14.6. The predicted octanol–water partition coefficient (Wildman–Crippen LogP) is 4.45. The van der Waals surface area contributed by atoms with E-state index in [0.29, 0.717) is 5.56 Å². The van der Waals surface area contributed by atoms with Gasteiger partial charge in [-0.25, -0.2) is 4.79 Å².